The van der Waals surface area contributed by atoms with Crippen LogP contribution in [0.2, 0.25) is 0 Å². The first-order valence-corrected chi connectivity index (χ1v) is 7.61. The molecule has 98 valence electrons. The van der Waals surface area contributed by atoms with E-state index in [1.165, 1.54) is 12.8 Å². The lowest BCUT2D eigenvalue weighted by Gasteiger charge is -2.27. The largest absolute Gasteiger partial charge is 0.299 e. The molecule has 0 saturated heterocycles. The van der Waals surface area contributed by atoms with Crippen LogP contribution in [0.5, 0.6) is 0 Å². The van der Waals surface area contributed by atoms with Crippen molar-refractivity contribution in [2.75, 3.05) is 0 Å². The molecule has 2 nitrogen and oxygen atoms in total. The average Bonchev–Trinajstić information content (AvgIpc) is 2.36. The summed E-state index contributed by atoms with van der Waals surface area (Å²) < 4.78 is 0.991. The number of hydrogen-bond donors (Lipinski definition) is 0. The van der Waals surface area contributed by atoms with Gasteiger partial charge in [0.1, 0.15) is 5.78 Å². The van der Waals surface area contributed by atoms with Crippen LogP contribution in [0.3, 0.4) is 0 Å². The van der Waals surface area contributed by atoms with Gasteiger partial charge in [-0.2, -0.15) is 0 Å². The number of ketones is 1. The van der Waals surface area contributed by atoms with Crippen LogP contribution in [-0.4, -0.2) is 10.8 Å². The van der Waals surface area contributed by atoms with Gasteiger partial charge in [-0.3, -0.25) is 9.78 Å². The Kier molecular flexibility index (Phi) is 4.93. The Morgan fingerprint density at radius 1 is 1.44 bits per heavy atom. The molecule has 1 aromatic heterocycles. The number of rotatable bonds is 4. The van der Waals surface area contributed by atoms with Crippen molar-refractivity contribution in [3.63, 3.8) is 0 Å². The summed E-state index contributed by atoms with van der Waals surface area (Å²) in [5.74, 6) is 1.38. The lowest BCUT2D eigenvalue weighted by Crippen LogP contribution is -2.26. The fourth-order valence-corrected chi connectivity index (χ4v) is 3.08. The van der Waals surface area contributed by atoms with Crippen molar-refractivity contribution < 1.29 is 4.79 Å². The van der Waals surface area contributed by atoms with Gasteiger partial charge in [0.25, 0.3) is 0 Å². The molecule has 2 unspecified atom stereocenters. The highest BCUT2D eigenvalue weighted by atomic mass is 79.9. The molecule has 0 radical (unpaired) electrons. The van der Waals surface area contributed by atoms with Crippen LogP contribution in [0, 0.1) is 11.8 Å². The molecule has 1 heterocycles. The van der Waals surface area contributed by atoms with Crippen LogP contribution in [0.15, 0.2) is 22.8 Å². The Morgan fingerprint density at radius 2 is 2.28 bits per heavy atom. The van der Waals surface area contributed by atoms with E-state index in [2.05, 4.69) is 27.8 Å². The van der Waals surface area contributed by atoms with Crippen LogP contribution in [-0.2, 0) is 11.2 Å². The van der Waals surface area contributed by atoms with E-state index in [-0.39, 0.29) is 5.92 Å². The first-order chi connectivity index (χ1) is 8.69. The number of halogens is 1. The van der Waals surface area contributed by atoms with Crippen molar-refractivity contribution in [3.8, 4) is 0 Å². The Bertz CT molecular complexity index is 401. The van der Waals surface area contributed by atoms with Crippen molar-refractivity contribution in [1.82, 2.24) is 4.98 Å². The summed E-state index contributed by atoms with van der Waals surface area (Å²) >= 11 is 3.38. The summed E-state index contributed by atoms with van der Waals surface area (Å²) in [7, 11) is 0. The number of Topliss-reactive ketones (excluding diaryl/α,β-unsaturated/α-hetero) is 1. The molecular weight excluding hydrogens is 290 g/mol. The summed E-state index contributed by atoms with van der Waals surface area (Å²) in [5.41, 5.74) is 1.04. The van der Waals surface area contributed by atoms with E-state index in [0.29, 0.717) is 5.78 Å². The summed E-state index contributed by atoms with van der Waals surface area (Å²) in [4.78, 5) is 16.4. The summed E-state index contributed by atoms with van der Waals surface area (Å²) in [5, 5.41) is 0. The molecule has 1 aliphatic rings. The summed E-state index contributed by atoms with van der Waals surface area (Å²) in [6.45, 7) is 2.22. The Morgan fingerprint density at radius 3 is 2.94 bits per heavy atom. The third-order valence-corrected chi connectivity index (χ3v) is 4.28. The topological polar surface area (TPSA) is 30.0 Å². The van der Waals surface area contributed by atoms with Gasteiger partial charge >= 0.3 is 0 Å². The fraction of sp³-hybridized carbons (Fsp3) is 0.600. The number of hydrogen-bond acceptors (Lipinski definition) is 2. The molecule has 0 bridgehead atoms. The van der Waals surface area contributed by atoms with E-state index in [0.717, 1.165) is 41.8 Å². The summed E-state index contributed by atoms with van der Waals surface area (Å²) in [6.07, 6.45) is 8.03. The molecule has 18 heavy (non-hydrogen) atoms. The average molecular weight is 310 g/mol. The van der Waals surface area contributed by atoms with Crippen LogP contribution in [0.1, 0.15) is 44.7 Å². The number of nitrogens with zero attached hydrogens (tertiary/aromatic N) is 1. The fourth-order valence-electron chi connectivity index (χ4n) is 2.85. The van der Waals surface area contributed by atoms with Gasteiger partial charge in [0.05, 0.1) is 0 Å². The van der Waals surface area contributed by atoms with Gasteiger partial charge in [-0.15, -0.1) is 0 Å². The predicted molar refractivity (Wildman–Crippen MR) is 76.4 cm³/mol. The monoisotopic (exact) mass is 309 g/mol. The molecule has 1 aromatic rings. The van der Waals surface area contributed by atoms with Gasteiger partial charge in [-0.05, 0) is 53.2 Å². The molecule has 3 heteroatoms. The molecule has 1 fully saturated rings. The molecule has 0 N–H and O–H groups in total. The van der Waals surface area contributed by atoms with Gasteiger partial charge in [-0.25, -0.2) is 0 Å². The molecule has 0 amide bonds. The maximum atomic E-state index is 12.0. The SMILES string of the molecule is CCCC1CCC(=O)C(Cc2ccc(Br)cn2)C1. The third kappa shape index (κ3) is 3.64. The molecule has 1 aliphatic carbocycles. The highest BCUT2D eigenvalue weighted by Gasteiger charge is 2.28. The van der Waals surface area contributed by atoms with E-state index >= 15 is 0 Å². The van der Waals surface area contributed by atoms with Crippen molar-refractivity contribution >= 4 is 21.7 Å². The van der Waals surface area contributed by atoms with Crippen LogP contribution < -0.4 is 0 Å². The first kappa shape index (κ1) is 13.7. The van der Waals surface area contributed by atoms with Crippen molar-refractivity contribution in [3.05, 3.63) is 28.5 Å². The van der Waals surface area contributed by atoms with Crippen LogP contribution in [0.25, 0.3) is 0 Å². The lowest BCUT2D eigenvalue weighted by atomic mass is 9.77. The molecule has 0 aliphatic heterocycles. The maximum absolute atomic E-state index is 12.0. The maximum Gasteiger partial charge on any atom is 0.136 e. The second kappa shape index (κ2) is 6.46. The van der Waals surface area contributed by atoms with Gasteiger partial charge < -0.3 is 0 Å². The van der Waals surface area contributed by atoms with Gasteiger partial charge in [-0.1, -0.05) is 19.8 Å². The minimum absolute atomic E-state index is 0.198. The van der Waals surface area contributed by atoms with Crippen molar-refractivity contribution in [2.45, 2.75) is 45.4 Å². The van der Waals surface area contributed by atoms with Gasteiger partial charge in [0.2, 0.25) is 0 Å². The van der Waals surface area contributed by atoms with E-state index < -0.39 is 0 Å². The number of aromatic nitrogens is 1. The minimum atomic E-state index is 0.198. The van der Waals surface area contributed by atoms with Crippen molar-refractivity contribution in [1.29, 1.82) is 0 Å². The first-order valence-electron chi connectivity index (χ1n) is 6.82. The Labute approximate surface area is 117 Å². The molecular formula is C15H20BrNO. The normalized spacial score (nSPS) is 24.2. The standard InChI is InChI=1S/C15H20BrNO/c1-2-3-11-4-7-15(18)12(8-11)9-14-6-5-13(16)10-17-14/h5-6,10-12H,2-4,7-9H2,1H3. The second-order valence-electron chi connectivity index (χ2n) is 5.26. The highest BCUT2D eigenvalue weighted by molar-refractivity contribution is 9.10. The summed E-state index contributed by atoms with van der Waals surface area (Å²) in [6, 6.07) is 4.01. The molecule has 1 saturated carbocycles. The third-order valence-electron chi connectivity index (χ3n) is 3.81. The van der Waals surface area contributed by atoms with Crippen LogP contribution >= 0.6 is 15.9 Å². The lowest BCUT2D eigenvalue weighted by molar-refractivity contribution is -0.125. The molecule has 2 rings (SSSR count). The Balaban J connectivity index is 1.98. The molecule has 0 spiro atoms. The molecule has 0 aromatic carbocycles. The number of pyridine rings is 1. The molecule has 2 atom stereocenters. The van der Waals surface area contributed by atoms with E-state index in [9.17, 15) is 4.79 Å². The van der Waals surface area contributed by atoms with E-state index in [1.54, 1.807) is 0 Å². The second-order valence-corrected chi connectivity index (χ2v) is 6.18. The number of carbonyl (C=O) groups excluding carboxylic acids is 1. The van der Waals surface area contributed by atoms with Gasteiger partial charge in [0.15, 0.2) is 0 Å². The van der Waals surface area contributed by atoms with Crippen molar-refractivity contribution in [2.24, 2.45) is 11.8 Å². The zero-order valence-electron chi connectivity index (χ0n) is 10.9. The number of carbonyl (C=O) groups is 1. The quantitative estimate of drug-likeness (QED) is 0.835. The minimum Gasteiger partial charge on any atom is -0.299 e. The highest BCUT2D eigenvalue weighted by Crippen LogP contribution is 2.31. The van der Waals surface area contributed by atoms with E-state index in [4.69, 9.17) is 0 Å². The zero-order valence-corrected chi connectivity index (χ0v) is 12.4. The predicted octanol–water partition coefficient (Wildman–Crippen LogP) is 4.17. The smallest absolute Gasteiger partial charge is 0.136 e. The van der Waals surface area contributed by atoms with E-state index in [1.807, 2.05) is 18.3 Å². The van der Waals surface area contributed by atoms with Crippen LogP contribution in [0.4, 0.5) is 0 Å². The zero-order chi connectivity index (χ0) is 13.0. The Hall–Kier alpha value is -0.700. The van der Waals surface area contributed by atoms with Gasteiger partial charge in [0, 0.05) is 28.7 Å².